The van der Waals surface area contributed by atoms with Gasteiger partial charge in [-0.05, 0) is 13.0 Å². The smallest absolute Gasteiger partial charge is 0.333 e. The van der Waals surface area contributed by atoms with Gasteiger partial charge in [-0.15, -0.1) is 0 Å². The van der Waals surface area contributed by atoms with E-state index in [0.29, 0.717) is 11.3 Å². The minimum absolute atomic E-state index is 0.115. The van der Waals surface area contributed by atoms with Crippen LogP contribution in [0.1, 0.15) is 18.1 Å². The van der Waals surface area contributed by atoms with Crippen LogP contribution >= 0.6 is 0 Å². The summed E-state index contributed by atoms with van der Waals surface area (Å²) >= 11 is 0. The predicted octanol–water partition coefficient (Wildman–Crippen LogP) is -0.593. The van der Waals surface area contributed by atoms with Gasteiger partial charge >= 0.3 is 5.69 Å². The van der Waals surface area contributed by atoms with E-state index in [4.69, 9.17) is 15.6 Å². The van der Waals surface area contributed by atoms with Crippen molar-refractivity contribution in [3.63, 3.8) is 0 Å². The van der Waals surface area contributed by atoms with Crippen molar-refractivity contribution < 1.29 is 14.6 Å². The molecule has 150 valence electrons. The van der Waals surface area contributed by atoms with Crippen molar-refractivity contribution in [2.24, 2.45) is 19.8 Å². The van der Waals surface area contributed by atoms with Crippen molar-refractivity contribution in [3.05, 3.63) is 67.7 Å². The zero-order chi connectivity index (χ0) is 21.5. The molecule has 1 spiro atoms. The normalized spacial score (nSPS) is 18.8. The van der Waals surface area contributed by atoms with Crippen LogP contribution in [0.4, 0.5) is 5.69 Å². The van der Waals surface area contributed by atoms with Crippen LogP contribution in [0.2, 0.25) is 0 Å². The third kappa shape index (κ3) is 2.48. The molecule has 0 fully saturated rings. The highest BCUT2D eigenvalue weighted by Gasteiger charge is 2.58. The van der Waals surface area contributed by atoms with Gasteiger partial charge in [0.15, 0.2) is 5.41 Å². The number of ether oxygens (including phenoxy) is 1. The summed E-state index contributed by atoms with van der Waals surface area (Å²) in [6, 6.07) is 8.62. The van der Waals surface area contributed by atoms with Gasteiger partial charge in [0.25, 0.3) is 5.56 Å². The van der Waals surface area contributed by atoms with Crippen LogP contribution in [0.15, 0.2) is 45.3 Å². The van der Waals surface area contributed by atoms with E-state index in [2.05, 4.69) is 5.32 Å². The Labute approximate surface area is 165 Å². The number of rotatable bonds is 0. The molecule has 0 aliphatic carbocycles. The third-order valence-electron chi connectivity index (χ3n) is 4.85. The Bertz CT molecular complexity index is 1220. The molecule has 2 aliphatic rings. The standard InChI is InChI=1S/C17H13N5O4.C2H6O/c1-21-13(23)11-14(22(2)16(21)25)26-12(19)9(7-18)17(11)8-5-3-4-6-10(8)20-15(17)24;1-2-3/h3-6H,19H2,1-2H3,(H,20,24);3H,2H2,1H3. The summed E-state index contributed by atoms with van der Waals surface area (Å²) in [5, 5.41) is 20.0. The molecule has 1 aromatic heterocycles. The number of carbonyl (C=O) groups is 1. The van der Waals surface area contributed by atoms with Gasteiger partial charge in [0, 0.05) is 32.0 Å². The van der Waals surface area contributed by atoms with Crippen molar-refractivity contribution in [3.8, 4) is 11.9 Å². The predicted molar refractivity (Wildman–Crippen MR) is 103 cm³/mol. The lowest BCUT2D eigenvalue weighted by Crippen LogP contribution is -2.51. The van der Waals surface area contributed by atoms with E-state index >= 15 is 0 Å². The van der Waals surface area contributed by atoms with Gasteiger partial charge in [-0.3, -0.25) is 18.7 Å². The summed E-state index contributed by atoms with van der Waals surface area (Å²) in [4.78, 5) is 38.4. The van der Waals surface area contributed by atoms with E-state index in [1.54, 1.807) is 31.2 Å². The molecule has 10 nitrogen and oxygen atoms in total. The number of amides is 1. The van der Waals surface area contributed by atoms with Crippen molar-refractivity contribution in [2.75, 3.05) is 11.9 Å². The highest BCUT2D eigenvalue weighted by atomic mass is 16.5. The maximum Gasteiger partial charge on any atom is 0.333 e. The molecule has 29 heavy (non-hydrogen) atoms. The topological polar surface area (TPSA) is 152 Å². The van der Waals surface area contributed by atoms with E-state index in [1.165, 1.54) is 14.1 Å². The SMILES string of the molecule is CCO.Cn1c2c(c(=O)n(C)c1=O)C1(C(=O)Nc3ccccc31)C(C#N)=C(N)O2. The molecule has 1 amide bonds. The summed E-state index contributed by atoms with van der Waals surface area (Å²) in [6.45, 7) is 1.93. The number of nitriles is 1. The molecule has 0 saturated carbocycles. The monoisotopic (exact) mass is 397 g/mol. The van der Waals surface area contributed by atoms with Gasteiger partial charge in [-0.1, -0.05) is 18.2 Å². The number of para-hydroxylation sites is 1. The molecule has 10 heteroatoms. The van der Waals surface area contributed by atoms with Crippen molar-refractivity contribution in [1.29, 1.82) is 5.26 Å². The third-order valence-corrected chi connectivity index (χ3v) is 4.85. The van der Waals surface area contributed by atoms with Crippen molar-refractivity contribution in [1.82, 2.24) is 9.13 Å². The van der Waals surface area contributed by atoms with Crippen LogP contribution in [0.5, 0.6) is 5.88 Å². The number of nitrogens with zero attached hydrogens (tertiary/aromatic N) is 3. The molecule has 4 N–H and O–H groups in total. The highest BCUT2D eigenvalue weighted by molar-refractivity contribution is 6.12. The number of nitrogens with one attached hydrogen (secondary N) is 1. The summed E-state index contributed by atoms with van der Waals surface area (Å²) in [7, 11) is 2.70. The number of fused-ring (bicyclic) bond motifs is 4. The largest absolute Gasteiger partial charge is 0.423 e. The summed E-state index contributed by atoms with van der Waals surface area (Å²) in [5.74, 6) is -1.07. The second-order valence-electron chi connectivity index (χ2n) is 6.40. The number of aromatic nitrogens is 2. The number of carbonyl (C=O) groups excluding carboxylic acids is 1. The van der Waals surface area contributed by atoms with Crippen molar-refractivity contribution >= 4 is 11.6 Å². The van der Waals surface area contributed by atoms with Crippen LogP contribution in [0.25, 0.3) is 0 Å². The summed E-state index contributed by atoms with van der Waals surface area (Å²) in [6.07, 6.45) is 0. The first kappa shape index (κ1) is 19.9. The van der Waals surface area contributed by atoms with Gasteiger partial charge < -0.3 is 20.9 Å². The first-order chi connectivity index (χ1) is 13.8. The zero-order valence-electron chi connectivity index (χ0n) is 16.0. The maximum atomic E-state index is 13.1. The molecule has 0 saturated heterocycles. The second-order valence-corrected chi connectivity index (χ2v) is 6.40. The molecular weight excluding hydrogens is 378 g/mol. The number of hydrogen-bond acceptors (Lipinski definition) is 7. The van der Waals surface area contributed by atoms with E-state index in [9.17, 15) is 19.6 Å². The molecule has 0 bridgehead atoms. The molecule has 3 heterocycles. The van der Waals surface area contributed by atoms with E-state index in [1.807, 2.05) is 6.07 Å². The molecule has 2 aromatic rings. The summed E-state index contributed by atoms with van der Waals surface area (Å²) < 4.78 is 7.40. The number of aliphatic hydroxyl groups excluding tert-OH is 1. The Morgan fingerprint density at radius 2 is 1.86 bits per heavy atom. The van der Waals surface area contributed by atoms with Crippen LogP contribution in [0.3, 0.4) is 0 Å². The molecule has 0 radical (unpaired) electrons. The maximum absolute atomic E-state index is 13.1. The van der Waals surface area contributed by atoms with Gasteiger partial charge in [0.2, 0.25) is 17.7 Å². The molecule has 1 aromatic carbocycles. The fourth-order valence-corrected chi connectivity index (χ4v) is 3.62. The molecule has 1 atom stereocenters. The second kappa shape index (κ2) is 6.96. The quantitative estimate of drug-likeness (QED) is 0.537. The van der Waals surface area contributed by atoms with Gasteiger partial charge in [0.1, 0.15) is 17.2 Å². The van der Waals surface area contributed by atoms with E-state index < -0.39 is 22.6 Å². The minimum atomic E-state index is -1.77. The molecule has 2 aliphatic heterocycles. The molecule has 1 unspecified atom stereocenters. The fourth-order valence-electron chi connectivity index (χ4n) is 3.62. The first-order valence-corrected chi connectivity index (χ1v) is 8.67. The molecule has 4 rings (SSSR count). The lowest BCUT2D eigenvalue weighted by atomic mass is 9.69. The van der Waals surface area contributed by atoms with E-state index in [-0.39, 0.29) is 29.5 Å². The molecular formula is C19H19N5O5. The fraction of sp³-hybridized carbons (Fsp3) is 0.263. The van der Waals surface area contributed by atoms with Gasteiger partial charge in [0.05, 0.1) is 0 Å². The van der Waals surface area contributed by atoms with Crippen LogP contribution < -0.4 is 27.0 Å². The van der Waals surface area contributed by atoms with Crippen molar-refractivity contribution in [2.45, 2.75) is 12.3 Å². The number of nitrogens with two attached hydrogens (primary N) is 1. The summed E-state index contributed by atoms with van der Waals surface area (Å²) in [5.41, 5.74) is 3.34. The van der Waals surface area contributed by atoms with Crippen LogP contribution in [-0.2, 0) is 24.3 Å². The minimum Gasteiger partial charge on any atom is -0.423 e. The number of hydrogen-bond donors (Lipinski definition) is 3. The number of anilines is 1. The average Bonchev–Trinajstić information content (AvgIpc) is 2.98. The van der Waals surface area contributed by atoms with Crippen LogP contribution in [0, 0.1) is 11.3 Å². The Kier molecular flexibility index (Phi) is 4.78. The first-order valence-electron chi connectivity index (χ1n) is 8.67. The zero-order valence-corrected chi connectivity index (χ0v) is 16.0. The highest BCUT2D eigenvalue weighted by Crippen LogP contribution is 2.51. The Balaban J connectivity index is 0.000000755. The van der Waals surface area contributed by atoms with Gasteiger partial charge in [-0.2, -0.15) is 5.26 Å². The van der Waals surface area contributed by atoms with E-state index in [0.717, 1.165) is 9.13 Å². The van der Waals surface area contributed by atoms with Gasteiger partial charge in [-0.25, -0.2) is 4.79 Å². The Morgan fingerprint density at radius 3 is 2.48 bits per heavy atom. The Morgan fingerprint density at radius 1 is 1.24 bits per heavy atom. The number of aliphatic hydroxyl groups is 1. The average molecular weight is 397 g/mol. The Hall–Kier alpha value is -3.84. The lowest BCUT2D eigenvalue weighted by molar-refractivity contribution is -0.118. The lowest BCUT2D eigenvalue weighted by Gasteiger charge is -2.33. The van der Waals surface area contributed by atoms with Crippen LogP contribution in [-0.4, -0.2) is 26.8 Å². The number of benzene rings is 1.